The Hall–Kier alpha value is -1.32. The Balaban J connectivity index is 2.85. The van der Waals surface area contributed by atoms with E-state index < -0.39 is 12.0 Å². The highest BCUT2D eigenvalue weighted by atomic mass is 16.4. The third-order valence-electron chi connectivity index (χ3n) is 1.97. The molecule has 0 radical (unpaired) electrons. The Morgan fingerprint density at radius 1 is 1.54 bits per heavy atom. The van der Waals surface area contributed by atoms with Gasteiger partial charge < -0.3 is 5.11 Å². The molecular weight excluding hydrogens is 168 g/mol. The van der Waals surface area contributed by atoms with Crippen molar-refractivity contribution in [2.75, 3.05) is 0 Å². The molecule has 0 aliphatic carbocycles. The van der Waals surface area contributed by atoms with Crippen LogP contribution >= 0.6 is 0 Å². The summed E-state index contributed by atoms with van der Waals surface area (Å²) >= 11 is 0. The minimum atomic E-state index is -0.863. The van der Waals surface area contributed by atoms with Crippen molar-refractivity contribution < 1.29 is 9.90 Å². The van der Waals surface area contributed by atoms with Gasteiger partial charge in [-0.3, -0.25) is 4.68 Å². The fourth-order valence-corrected chi connectivity index (χ4v) is 0.990. The lowest BCUT2D eigenvalue weighted by Crippen LogP contribution is -2.16. The summed E-state index contributed by atoms with van der Waals surface area (Å²) in [5.74, 6) is -0.527. The highest BCUT2D eigenvalue weighted by molar-refractivity contribution is 5.71. The fourth-order valence-electron chi connectivity index (χ4n) is 0.990. The van der Waals surface area contributed by atoms with Crippen molar-refractivity contribution in [2.24, 2.45) is 0 Å². The number of nitrogens with zero attached hydrogens (tertiary/aromatic N) is 2. The lowest BCUT2D eigenvalue weighted by Gasteiger charge is -2.06. The van der Waals surface area contributed by atoms with Crippen LogP contribution in [0, 0.1) is 0 Å². The van der Waals surface area contributed by atoms with Gasteiger partial charge in [-0.1, -0.05) is 13.8 Å². The summed E-state index contributed by atoms with van der Waals surface area (Å²) < 4.78 is 1.47. The molecule has 1 rings (SSSR count). The highest BCUT2D eigenvalue weighted by Gasteiger charge is 2.14. The molecule has 0 aromatic carbocycles. The van der Waals surface area contributed by atoms with E-state index in [1.807, 2.05) is 19.9 Å². The van der Waals surface area contributed by atoms with E-state index in [0.29, 0.717) is 5.92 Å². The van der Waals surface area contributed by atoms with Crippen LogP contribution in [0.3, 0.4) is 0 Å². The molecule has 0 aliphatic heterocycles. The van der Waals surface area contributed by atoms with Gasteiger partial charge in [0.15, 0.2) is 0 Å². The number of carboxylic acid groups (broad SMARTS) is 1. The molecule has 0 saturated carbocycles. The maximum absolute atomic E-state index is 10.6. The van der Waals surface area contributed by atoms with E-state index in [9.17, 15) is 4.79 Å². The van der Waals surface area contributed by atoms with E-state index in [4.69, 9.17) is 5.11 Å². The summed E-state index contributed by atoms with van der Waals surface area (Å²) in [6.07, 6.45) is 1.70. The zero-order chi connectivity index (χ0) is 10.0. The minimum absolute atomic E-state index is 0.335. The van der Waals surface area contributed by atoms with Crippen molar-refractivity contribution in [3.8, 4) is 0 Å². The molecule has 4 nitrogen and oxygen atoms in total. The van der Waals surface area contributed by atoms with Gasteiger partial charge in [0.25, 0.3) is 0 Å². The van der Waals surface area contributed by atoms with Gasteiger partial charge in [-0.15, -0.1) is 0 Å². The van der Waals surface area contributed by atoms with Crippen LogP contribution in [-0.2, 0) is 4.79 Å². The topological polar surface area (TPSA) is 55.1 Å². The van der Waals surface area contributed by atoms with Crippen molar-refractivity contribution >= 4 is 5.97 Å². The van der Waals surface area contributed by atoms with Gasteiger partial charge in [0.1, 0.15) is 6.04 Å². The monoisotopic (exact) mass is 182 g/mol. The number of aliphatic carboxylic acids is 1. The summed E-state index contributed by atoms with van der Waals surface area (Å²) in [5, 5.41) is 12.9. The molecule has 0 spiro atoms. The van der Waals surface area contributed by atoms with Crippen LogP contribution in [0.1, 0.15) is 38.4 Å². The van der Waals surface area contributed by atoms with Crippen LogP contribution in [0.25, 0.3) is 0 Å². The Bertz CT molecular complexity index is 304. The third kappa shape index (κ3) is 2.08. The molecule has 1 atom stereocenters. The van der Waals surface area contributed by atoms with E-state index in [1.165, 1.54) is 4.68 Å². The van der Waals surface area contributed by atoms with Crippen LogP contribution in [0.4, 0.5) is 0 Å². The zero-order valence-corrected chi connectivity index (χ0v) is 8.06. The number of hydrogen-bond donors (Lipinski definition) is 1. The van der Waals surface area contributed by atoms with Crippen LogP contribution in [-0.4, -0.2) is 20.9 Å². The van der Waals surface area contributed by atoms with E-state index in [1.54, 1.807) is 13.1 Å². The van der Waals surface area contributed by atoms with Gasteiger partial charge >= 0.3 is 5.97 Å². The maximum Gasteiger partial charge on any atom is 0.328 e. The van der Waals surface area contributed by atoms with Crippen molar-refractivity contribution in [3.05, 3.63) is 18.0 Å². The second-order valence-corrected chi connectivity index (χ2v) is 3.39. The van der Waals surface area contributed by atoms with Crippen molar-refractivity contribution in [3.63, 3.8) is 0 Å². The molecule has 72 valence electrons. The van der Waals surface area contributed by atoms with Crippen molar-refractivity contribution in [1.29, 1.82) is 0 Å². The lowest BCUT2D eigenvalue weighted by molar-refractivity contribution is -0.140. The molecule has 1 unspecified atom stereocenters. The van der Waals surface area contributed by atoms with Crippen LogP contribution in [0.5, 0.6) is 0 Å². The van der Waals surface area contributed by atoms with E-state index in [0.717, 1.165) is 5.69 Å². The van der Waals surface area contributed by atoms with Gasteiger partial charge in [-0.05, 0) is 18.9 Å². The molecule has 1 aromatic heterocycles. The molecule has 1 aromatic rings. The molecule has 0 aliphatic rings. The number of hydrogen-bond acceptors (Lipinski definition) is 2. The molecule has 1 heterocycles. The van der Waals surface area contributed by atoms with E-state index in [2.05, 4.69) is 5.10 Å². The molecule has 1 N–H and O–H groups in total. The normalized spacial score (nSPS) is 13.2. The largest absolute Gasteiger partial charge is 0.480 e. The quantitative estimate of drug-likeness (QED) is 0.773. The fraction of sp³-hybridized carbons (Fsp3) is 0.556. The van der Waals surface area contributed by atoms with Gasteiger partial charge in [0.05, 0.1) is 5.69 Å². The molecule has 4 heteroatoms. The summed E-state index contributed by atoms with van der Waals surface area (Å²) in [4.78, 5) is 10.6. The third-order valence-corrected chi connectivity index (χ3v) is 1.97. The number of carbonyl (C=O) groups is 1. The Labute approximate surface area is 77.2 Å². The second kappa shape index (κ2) is 3.60. The number of aromatic nitrogens is 2. The summed E-state index contributed by atoms with van der Waals surface area (Å²) in [6, 6.07) is 1.26. The van der Waals surface area contributed by atoms with Gasteiger partial charge in [0, 0.05) is 6.20 Å². The molecular formula is C9H14N2O2. The standard InChI is InChI=1S/C9H14N2O2/c1-6(2)8-4-5-11(10-8)7(3)9(12)13/h4-7H,1-3H3,(H,12,13). The van der Waals surface area contributed by atoms with E-state index >= 15 is 0 Å². The van der Waals surface area contributed by atoms with Gasteiger partial charge in [-0.25, -0.2) is 4.79 Å². The molecule has 0 bridgehead atoms. The predicted molar refractivity (Wildman–Crippen MR) is 48.7 cm³/mol. The molecule has 0 amide bonds. The lowest BCUT2D eigenvalue weighted by atomic mass is 10.1. The Morgan fingerprint density at radius 2 is 2.15 bits per heavy atom. The van der Waals surface area contributed by atoms with Gasteiger partial charge in [-0.2, -0.15) is 5.10 Å². The van der Waals surface area contributed by atoms with Crippen LogP contribution in [0.15, 0.2) is 12.3 Å². The Kier molecular flexibility index (Phi) is 2.70. The van der Waals surface area contributed by atoms with E-state index in [-0.39, 0.29) is 0 Å². The smallest absolute Gasteiger partial charge is 0.328 e. The molecule has 0 saturated heterocycles. The van der Waals surface area contributed by atoms with Crippen LogP contribution in [0.2, 0.25) is 0 Å². The first-order valence-corrected chi connectivity index (χ1v) is 4.30. The average Bonchev–Trinajstić information content (AvgIpc) is 2.50. The first kappa shape index (κ1) is 9.77. The van der Waals surface area contributed by atoms with Crippen molar-refractivity contribution in [2.45, 2.75) is 32.7 Å². The highest BCUT2D eigenvalue weighted by Crippen LogP contribution is 2.13. The summed E-state index contributed by atoms with van der Waals surface area (Å²) in [7, 11) is 0. The number of rotatable bonds is 3. The van der Waals surface area contributed by atoms with Gasteiger partial charge in [0.2, 0.25) is 0 Å². The average molecular weight is 182 g/mol. The zero-order valence-electron chi connectivity index (χ0n) is 8.06. The first-order chi connectivity index (χ1) is 6.02. The summed E-state index contributed by atoms with van der Waals surface area (Å²) in [6.45, 7) is 5.66. The Morgan fingerprint density at radius 3 is 2.54 bits per heavy atom. The minimum Gasteiger partial charge on any atom is -0.480 e. The summed E-state index contributed by atoms with van der Waals surface area (Å²) in [5.41, 5.74) is 0.924. The van der Waals surface area contributed by atoms with Crippen LogP contribution < -0.4 is 0 Å². The predicted octanol–water partition coefficient (Wildman–Crippen LogP) is 1.65. The maximum atomic E-state index is 10.6. The second-order valence-electron chi connectivity index (χ2n) is 3.39. The van der Waals surface area contributed by atoms with Crippen molar-refractivity contribution in [1.82, 2.24) is 9.78 Å². The SMILES string of the molecule is CC(C)c1ccn(C(C)C(=O)O)n1. The number of carboxylic acids is 1. The first-order valence-electron chi connectivity index (χ1n) is 4.30. The molecule has 0 fully saturated rings. The molecule has 13 heavy (non-hydrogen) atoms.